The van der Waals surface area contributed by atoms with E-state index in [9.17, 15) is 4.79 Å². The Bertz CT molecular complexity index is 352. The molecule has 0 aromatic carbocycles. The third-order valence-electron chi connectivity index (χ3n) is 2.34. The topological polar surface area (TPSA) is 42.2 Å². The second-order valence-corrected chi connectivity index (χ2v) is 5.06. The number of alkyl halides is 1. The van der Waals surface area contributed by atoms with Gasteiger partial charge in [-0.15, -0.1) is 11.6 Å². The zero-order valence-corrected chi connectivity index (χ0v) is 11.6. The van der Waals surface area contributed by atoms with Crippen LogP contribution in [0, 0.1) is 5.92 Å². The monoisotopic (exact) mass is 307 g/mol. The maximum atomic E-state index is 11.8. The van der Waals surface area contributed by atoms with E-state index in [1.165, 1.54) is 0 Å². The fourth-order valence-corrected chi connectivity index (χ4v) is 1.91. The molecular formula is C11H15BrClNO2. The molecular weight excluding hydrogens is 293 g/mol. The molecule has 90 valence electrons. The van der Waals surface area contributed by atoms with Gasteiger partial charge in [0.1, 0.15) is 0 Å². The lowest BCUT2D eigenvalue weighted by Crippen LogP contribution is -2.38. The lowest BCUT2D eigenvalue weighted by molar-refractivity contribution is 0.0895. The first-order valence-electron chi connectivity index (χ1n) is 5.16. The molecule has 0 saturated carbocycles. The van der Waals surface area contributed by atoms with Crippen molar-refractivity contribution in [1.82, 2.24) is 5.32 Å². The Morgan fingerprint density at radius 1 is 1.56 bits per heavy atom. The standard InChI is InChI=1S/C11H15BrClNO2/c1-7(2)8(5-6-13)14-11(15)9-3-4-10(12)16-9/h3-4,7-8H,5-6H2,1-2H3,(H,14,15). The van der Waals surface area contributed by atoms with E-state index in [2.05, 4.69) is 35.1 Å². The number of hydrogen-bond acceptors (Lipinski definition) is 2. The summed E-state index contributed by atoms with van der Waals surface area (Å²) < 4.78 is 5.73. The molecule has 16 heavy (non-hydrogen) atoms. The van der Waals surface area contributed by atoms with E-state index in [4.69, 9.17) is 16.0 Å². The van der Waals surface area contributed by atoms with Crippen molar-refractivity contribution in [3.05, 3.63) is 22.6 Å². The van der Waals surface area contributed by atoms with Crippen molar-refractivity contribution in [1.29, 1.82) is 0 Å². The Morgan fingerprint density at radius 2 is 2.25 bits per heavy atom. The number of carbonyl (C=O) groups excluding carboxylic acids is 1. The van der Waals surface area contributed by atoms with Gasteiger partial charge in [0.25, 0.3) is 5.91 Å². The summed E-state index contributed by atoms with van der Waals surface area (Å²) in [6.45, 7) is 4.10. The van der Waals surface area contributed by atoms with Crippen LogP contribution in [-0.4, -0.2) is 17.8 Å². The van der Waals surface area contributed by atoms with Crippen molar-refractivity contribution < 1.29 is 9.21 Å². The van der Waals surface area contributed by atoms with Gasteiger partial charge in [-0.3, -0.25) is 4.79 Å². The zero-order valence-electron chi connectivity index (χ0n) is 9.30. The van der Waals surface area contributed by atoms with Gasteiger partial charge in [0.2, 0.25) is 0 Å². The molecule has 0 fully saturated rings. The highest BCUT2D eigenvalue weighted by atomic mass is 79.9. The van der Waals surface area contributed by atoms with E-state index in [1.54, 1.807) is 12.1 Å². The van der Waals surface area contributed by atoms with Gasteiger partial charge in [-0.2, -0.15) is 0 Å². The van der Waals surface area contributed by atoms with E-state index >= 15 is 0 Å². The number of halogens is 2. The molecule has 1 heterocycles. The summed E-state index contributed by atoms with van der Waals surface area (Å²) in [5.41, 5.74) is 0. The van der Waals surface area contributed by atoms with E-state index in [0.717, 1.165) is 6.42 Å². The van der Waals surface area contributed by atoms with E-state index < -0.39 is 0 Å². The molecule has 1 rings (SSSR count). The Balaban J connectivity index is 2.61. The molecule has 0 aliphatic heterocycles. The van der Waals surface area contributed by atoms with Crippen molar-refractivity contribution in [3.8, 4) is 0 Å². The van der Waals surface area contributed by atoms with Gasteiger partial charge in [-0.1, -0.05) is 13.8 Å². The summed E-state index contributed by atoms with van der Waals surface area (Å²) in [4.78, 5) is 11.8. The molecule has 1 unspecified atom stereocenters. The molecule has 1 amide bonds. The summed E-state index contributed by atoms with van der Waals surface area (Å²) in [5, 5.41) is 2.91. The molecule has 3 nitrogen and oxygen atoms in total. The Morgan fingerprint density at radius 3 is 2.69 bits per heavy atom. The number of carbonyl (C=O) groups is 1. The van der Waals surface area contributed by atoms with Gasteiger partial charge in [-0.25, -0.2) is 0 Å². The van der Waals surface area contributed by atoms with E-state index in [0.29, 0.717) is 22.2 Å². The van der Waals surface area contributed by atoms with E-state index in [1.807, 2.05) is 0 Å². The molecule has 1 aromatic heterocycles. The Hall–Kier alpha value is -0.480. The minimum absolute atomic E-state index is 0.0777. The lowest BCUT2D eigenvalue weighted by Gasteiger charge is -2.20. The van der Waals surface area contributed by atoms with Crippen LogP contribution in [0.25, 0.3) is 0 Å². The van der Waals surface area contributed by atoms with E-state index in [-0.39, 0.29) is 11.9 Å². The SMILES string of the molecule is CC(C)C(CCCl)NC(=O)c1ccc(Br)o1. The minimum atomic E-state index is -0.200. The first kappa shape index (κ1) is 13.6. The van der Waals surface area contributed by atoms with Crippen LogP contribution in [0.5, 0.6) is 0 Å². The predicted octanol–water partition coefficient (Wildman–Crippen LogP) is 3.43. The molecule has 0 bridgehead atoms. The summed E-state index contributed by atoms with van der Waals surface area (Å²) in [7, 11) is 0. The summed E-state index contributed by atoms with van der Waals surface area (Å²) in [6, 6.07) is 3.41. The van der Waals surface area contributed by atoms with Crippen molar-refractivity contribution in [3.63, 3.8) is 0 Å². The first-order chi connectivity index (χ1) is 7.54. The average Bonchev–Trinajstić information content (AvgIpc) is 2.64. The summed E-state index contributed by atoms with van der Waals surface area (Å²) in [6.07, 6.45) is 0.757. The summed E-state index contributed by atoms with van der Waals surface area (Å²) >= 11 is 8.85. The molecule has 5 heteroatoms. The number of nitrogens with one attached hydrogen (secondary N) is 1. The average molecular weight is 309 g/mol. The number of furan rings is 1. The van der Waals surface area contributed by atoms with Crippen molar-refractivity contribution >= 4 is 33.4 Å². The third-order valence-corrected chi connectivity index (χ3v) is 2.98. The number of hydrogen-bond donors (Lipinski definition) is 1. The van der Waals surface area contributed by atoms with Crippen LogP contribution in [0.1, 0.15) is 30.8 Å². The molecule has 0 aliphatic carbocycles. The third kappa shape index (κ3) is 3.83. The fourth-order valence-electron chi connectivity index (χ4n) is 1.37. The zero-order chi connectivity index (χ0) is 12.1. The van der Waals surface area contributed by atoms with Gasteiger partial charge >= 0.3 is 0 Å². The normalized spacial score (nSPS) is 12.8. The highest BCUT2D eigenvalue weighted by Crippen LogP contribution is 2.15. The van der Waals surface area contributed by atoms with Gasteiger partial charge in [0.05, 0.1) is 0 Å². The second-order valence-electron chi connectivity index (χ2n) is 3.91. The molecule has 1 atom stereocenters. The first-order valence-corrected chi connectivity index (χ1v) is 6.49. The van der Waals surface area contributed by atoms with Crippen LogP contribution < -0.4 is 5.32 Å². The Kier molecular flexibility index (Phi) is 5.35. The minimum Gasteiger partial charge on any atom is -0.444 e. The highest BCUT2D eigenvalue weighted by molar-refractivity contribution is 9.10. The lowest BCUT2D eigenvalue weighted by atomic mass is 10.0. The molecule has 1 aromatic rings. The van der Waals surface area contributed by atoms with Gasteiger partial charge in [0.15, 0.2) is 10.4 Å². The van der Waals surface area contributed by atoms with Gasteiger partial charge in [-0.05, 0) is 40.4 Å². The van der Waals surface area contributed by atoms with Gasteiger partial charge < -0.3 is 9.73 Å². The van der Waals surface area contributed by atoms with Crippen LogP contribution in [0.2, 0.25) is 0 Å². The second kappa shape index (κ2) is 6.30. The van der Waals surface area contributed by atoms with Crippen LogP contribution in [0.3, 0.4) is 0 Å². The Labute approximate surface area is 109 Å². The largest absolute Gasteiger partial charge is 0.444 e. The molecule has 0 saturated heterocycles. The van der Waals surface area contributed by atoms with Crippen LogP contribution in [0.4, 0.5) is 0 Å². The van der Waals surface area contributed by atoms with Crippen molar-refractivity contribution in [2.24, 2.45) is 5.92 Å². The molecule has 1 N–H and O–H groups in total. The number of amides is 1. The van der Waals surface area contributed by atoms with Crippen LogP contribution in [-0.2, 0) is 0 Å². The number of rotatable bonds is 5. The van der Waals surface area contributed by atoms with Gasteiger partial charge in [0, 0.05) is 11.9 Å². The van der Waals surface area contributed by atoms with Crippen molar-refractivity contribution in [2.45, 2.75) is 26.3 Å². The fraction of sp³-hybridized carbons (Fsp3) is 0.545. The smallest absolute Gasteiger partial charge is 0.287 e. The van der Waals surface area contributed by atoms with Crippen LogP contribution >= 0.6 is 27.5 Å². The highest BCUT2D eigenvalue weighted by Gasteiger charge is 2.18. The van der Waals surface area contributed by atoms with Crippen molar-refractivity contribution in [2.75, 3.05) is 5.88 Å². The maximum absolute atomic E-state index is 11.8. The summed E-state index contributed by atoms with van der Waals surface area (Å²) in [5.74, 6) is 0.994. The molecule has 0 spiro atoms. The quantitative estimate of drug-likeness (QED) is 0.847. The van der Waals surface area contributed by atoms with Crippen LogP contribution in [0.15, 0.2) is 21.2 Å². The molecule has 0 radical (unpaired) electrons. The predicted molar refractivity (Wildman–Crippen MR) is 67.8 cm³/mol. The maximum Gasteiger partial charge on any atom is 0.287 e. The molecule has 0 aliphatic rings.